The highest BCUT2D eigenvalue weighted by Gasteiger charge is 2.06. The molecule has 2 aromatic rings. The standard InChI is InChI=1S/C14H21N5S/c1-3-15-14(16-11-12-6-8-17-18-12)19(2)9-7-13-5-4-10-20-13/h4-6,8,10H,3,7,9,11H2,1-2H3,(H,15,16)(H,17,18). The Labute approximate surface area is 123 Å². The number of nitrogens with zero attached hydrogens (tertiary/aromatic N) is 3. The molecule has 0 aliphatic carbocycles. The maximum absolute atomic E-state index is 4.62. The third kappa shape index (κ3) is 4.38. The van der Waals surface area contributed by atoms with Gasteiger partial charge in [-0.05, 0) is 30.9 Å². The van der Waals surface area contributed by atoms with Crippen LogP contribution in [0.2, 0.25) is 0 Å². The Morgan fingerprint density at radius 2 is 2.40 bits per heavy atom. The summed E-state index contributed by atoms with van der Waals surface area (Å²) in [5, 5.41) is 12.3. The van der Waals surface area contributed by atoms with Gasteiger partial charge in [0.1, 0.15) is 0 Å². The van der Waals surface area contributed by atoms with E-state index in [0.717, 1.165) is 31.2 Å². The Morgan fingerprint density at radius 3 is 3.05 bits per heavy atom. The van der Waals surface area contributed by atoms with Crippen molar-refractivity contribution in [2.45, 2.75) is 19.9 Å². The van der Waals surface area contributed by atoms with Crippen LogP contribution in [0.25, 0.3) is 0 Å². The van der Waals surface area contributed by atoms with E-state index in [9.17, 15) is 0 Å². The summed E-state index contributed by atoms with van der Waals surface area (Å²) < 4.78 is 0. The van der Waals surface area contributed by atoms with Crippen LogP contribution in [0.1, 0.15) is 17.5 Å². The van der Waals surface area contributed by atoms with E-state index in [1.807, 2.05) is 6.07 Å². The fraction of sp³-hybridized carbons (Fsp3) is 0.429. The first-order valence-electron chi connectivity index (χ1n) is 6.79. The Balaban J connectivity index is 1.90. The van der Waals surface area contributed by atoms with E-state index in [0.29, 0.717) is 6.54 Å². The van der Waals surface area contributed by atoms with Crippen molar-refractivity contribution in [2.75, 3.05) is 20.1 Å². The van der Waals surface area contributed by atoms with Crippen LogP contribution in [0.3, 0.4) is 0 Å². The lowest BCUT2D eigenvalue weighted by Crippen LogP contribution is -2.39. The van der Waals surface area contributed by atoms with Crippen molar-refractivity contribution in [2.24, 2.45) is 4.99 Å². The number of likely N-dealkylation sites (N-methyl/N-ethyl adjacent to an activating group) is 1. The fourth-order valence-corrected chi connectivity index (χ4v) is 2.54. The molecular formula is C14H21N5S. The predicted molar refractivity (Wildman–Crippen MR) is 84.1 cm³/mol. The Bertz CT molecular complexity index is 504. The topological polar surface area (TPSA) is 56.3 Å². The van der Waals surface area contributed by atoms with Crippen LogP contribution in [-0.4, -0.2) is 41.2 Å². The summed E-state index contributed by atoms with van der Waals surface area (Å²) in [6.45, 7) is 4.52. The van der Waals surface area contributed by atoms with Crippen LogP contribution in [-0.2, 0) is 13.0 Å². The first-order chi connectivity index (χ1) is 9.79. The van der Waals surface area contributed by atoms with E-state index in [-0.39, 0.29) is 0 Å². The van der Waals surface area contributed by atoms with E-state index >= 15 is 0 Å². The van der Waals surface area contributed by atoms with E-state index in [1.165, 1.54) is 4.88 Å². The van der Waals surface area contributed by atoms with Gasteiger partial charge in [0.05, 0.1) is 12.2 Å². The summed E-state index contributed by atoms with van der Waals surface area (Å²) in [5.74, 6) is 0.929. The minimum absolute atomic E-state index is 0.617. The Hall–Kier alpha value is -1.82. The quantitative estimate of drug-likeness (QED) is 0.633. The van der Waals surface area contributed by atoms with Gasteiger partial charge in [0.15, 0.2) is 5.96 Å². The van der Waals surface area contributed by atoms with Crippen LogP contribution in [0, 0.1) is 0 Å². The maximum atomic E-state index is 4.62. The third-order valence-corrected chi connectivity index (χ3v) is 3.86. The van der Waals surface area contributed by atoms with Crippen LogP contribution in [0.15, 0.2) is 34.8 Å². The van der Waals surface area contributed by atoms with Gasteiger partial charge in [-0.15, -0.1) is 11.3 Å². The lowest BCUT2D eigenvalue weighted by Gasteiger charge is -2.21. The molecular weight excluding hydrogens is 270 g/mol. The summed E-state index contributed by atoms with van der Waals surface area (Å²) in [6.07, 6.45) is 2.79. The van der Waals surface area contributed by atoms with Gasteiger partial charge in [-0.3, -0.25) is 5.10 Å². The van der Waals surface area contributed by atoms with Crippen LogP contribution in [0.5, 0.6) is 0 Å². The number of nitrogens with one attached hydrogen (secondary N) is 2. The molecule has 5 nitrogen and oxygen atoms in total. The van der Waals surface area contributed by atoms with E-state index in [1.54, 1.807) is 17.5 Å². The summed E-state index contributed by atoms with van der Waals surface area (Å²) in [5.41, 5.74) is 1.02. The second-order valence-electron chi connectivity index (χ2n) is 4.50. The molecule has 0 bridgehead atoms. The number of hydrogen-bond donors (Lipinski definition) is 2. The molecule has 0 radical (unpaired) electrons. The summed E-state index contributed by atoms with van der Waals surface area (Å²) in [6, 6.07) is 6.21. The van der Waals surface area contributed by atoms with Gasteiger partial charge < -0.3 is 10.2 Å². The molecule has 2 heterocycles. The van der Waals surface area contributed by atoms with Crippen LogP contribution >= 0.6 is 11.3 Å². The number of aromatic amines is 1. The molecule has 0 unspecified atom stereocenters. The molecule has 2 aromatic heterocycles. The van der Waals surface area contributed by atoms with Gasteiger partial charge in [0.25, 0.3) is 0 Å². The minimum atomic E-state index is 0.617. The zero-order valence-corrected chi connectivity index (χ0v) is 12.8. The summed E-state index contributed by atoms with van der Waals surface area (Å²) >= 11 is 1.80. The maximum Gasteiger partial charge on any atom is 0.194 e. The molecule has 0 aromatic carbocycles. The van der Waals surface area contributed by atoms with Crippen molar-refractivity contribution in [3.05, 3.63) is 40.3 Å². The fourth-order valence-electron chi connectivity index (χ4n) is 1.84. The lowest BCUT2D eigenvalue weighted by atomic mass is 10.3. The normalized spacial score (nSPS) is 11.6. The largest absolute Gasteiger partial charge is 0.357 e. The highest BCUT2D eigenvalue weighted by molar-refractivity contribution is 7.09. The molecule has 6 heteroatoms. The molecule has 0 spiro atoms. The number of thiophene rings is 1. The van der Waals surface area contributed by atoms with Gasteiger partial charge in [0, 0.05) is 31.2 Å². The van der Waals surface area contributed by atoms with Gasteiger partial charge in [-0.25, -0.2) is 4.99 Å². The van der Waals surface area contributed by atoms with E-state index < -0.39 is 0 Å². The van der Waals surface area contributed by atoms with Gasteiger partial charge in [-0.2, -0.15) is 5.10 Å². The van der Waals surface area contributed by atoms with Crippen molar-refractivity contribution in [3.63, 3.8) is 0 Å². The molecule has 0 saturated carbocycles. The SMILES string of the molecule is CCNC(=NCc1ccn[nH]1)N(C)CCc1cccs1. The van der Waals surface area contributed by atoms with Crippen molar-refractivity contribution in [1.82, 2.24) is 20.4 Å². The molecule has 0 aliphatic heterocycles. The monoisotopic (exact) mass is 291 g/mol. The Kier molecular flexibility index (Phi) is 5.61. The van der Waals surface area contributed by atoms with Crippen molar-refractivity contribution in [1.29, 1.82) is 0 Å². The van der Waals surface area contributed by atoms with Crippen molar-refractivity contribution >= 4 is 17.3 Å². The average Bonchev–Trinajstić information content (AvgIpc) is 3.13. The van der Waals surface area contributed by atoms with E-state index in [4.69, 9.17) is 0 Å². The van der Waals surface area contributed by atoms with Crippen LogP contribution in [0.4, 0.5) is 0 Å². The molecule has 0 atom stereocenters. The highest BCUT2D eigenvalue weighted by Crippen LogP contribution is 2.09. The number of hydrogen-bond acceptors (Lipinski definition) is 3. The molecule has 0 fully saturated rings. The predicted octanol–water partition coefficient (Wildman–Crippen LogP) is 2.11. The van der Waals surface area contributed by atoms with Gasteiger partial charge in [-0.1, -0.05) is 6.07 Å². The first-order valence-corrected chi connectivity index (χ1v) is 7.67. The minimum Gasteiger partial charge on any atom is -0.357 e. The molecule has 0 saturated heterocycles. The van der Waals surface area contributed by atoms with Crippen LogP contribution < -0.4 is 5.32 Å². The second kappa shape index (κ2) is 7.69. The number of aromatic nitrogens is 2. The van der Waals surface area contributed by atoms with Gasteiger partial charge in [0.2, 0.25) is 0 Å². The molecule has 0 aliphatic rings. The zero-order valence-electron chi connectivity index (χ0n) is 12.0. The molecule has 0 amide bonds. The average molecular weight is 291 g/mol. The number of rotatable bonds is 6. The number of aliphatic imine (C=N–C) groups is 1. The lowest BCUT2D eigenvalue weighted by molar-refractivity contribution is 0.486. The third-order valence-electron chi connectivity index (χ3n) is 2.93. The van der Waals surface area contributed by atoms with Crippen molar-refractivity contribution < 1.29 is 0 Å². The smallest absolute Gasteiger partial charge is 0.194 e. The van der Waals surface area contributed by atoms with Crippen molar-refractivity contribution in [3.8, 4) is 0 Å². The van der Waals surface area contributed by atoms with E-state index in [2.05, 4.69) is 56.9 Å². The van der Waals surface area contributed by atoms with Gasteiger partial charge >= 0.3 is 0 Å². The first kappa shape index (κ1) is 14.6. The number of guanidine groups is 1. The molecule has 2 N–H and O–H groups in total. The molecule has 108 valence electrons. The highest BCUT2D eigenvalue weighted by atomic mass is 32.1. The summed E-state index contributed by atoms with van der Waals surface area (Å²) in [7, 11) is 2.07. The molecule has 2 rings (SSSR count). The molecule has 20 heavy (non-hydrogen) atoms. The Morgan fingerprint density at radius 1 is 1.50 bits per heavy atom. The zero-order chi connectivity index (χ0) is 14.2. The number of H-pyrrole nitrogens is 1. The summed E-state index contributed by atoms with van der Waals surface area (Å²) in [4.78, 5) is 8.19. The second-order valence-corrected chi connectivity index (χ2v) is 5.54.